The lowest BCUT2D eigenvalue weighted by Gasteiger charge is -2.23. The molecule has 0 aromatic rings. The smallest absolute Gasteiger partial charge is 0.246 e. The van der Waals surface area contributed by atoms with E-state index < -0.39 is 0 Å². The van der Waals surface area contributed by atoms with Gasteiger partial charge in [-0.15, -0.1) is 0 Å². The predicted octanol–water partition coefficient (Wildman–Crippen LogP) is 1.55. The average molecular weight is 210 g/mol. The second-order valence-corrected chi connectivity index (χ2v) is 4.39. The van der Waals surface area contributed by atoms with E-state index in [2.05, 4.69) is 5.32 Å². The van der Waals surface area contributed by atoms with Gasteiger partial charge in [-0.2, -0.15) is 0 Å². The van der Waals surface area contributed by atoms with Gasteiger partial charge in [-0.25, -0.2) is 0 Å². The number of hydrogen-bond donors (Lipinski definition) is 1. The fourth-order valence-corrected chi connectivity index (χ4v) is 1.89. The van der Waals surface area contributed by atoms with Crippen LogP contribution >= 0.6 is 0 Å². The van der Waals surface area contributed by atoms with Crippen molar-refractivity contribution in [3.8, 4) is 0 Å². The van der Waals surface area contributed by atoms with Crippen LogP contribution in [0.25, 0.3) is 0 Å². The van der Waals surface area contributed by atoms with E-state index in [0.717, 1.165) is 25.2 Å². The third kappa shape index (κ3) is 4.04. The second kappa shape index (κ2) is 5.91. The number of likely N-dealkylation sites (N-methyl/N-ethyl adjacent to an activating group) is 1. The zero-order valence-electron chi connectivity index (χ0n) is 10.0. The van der Waals surface area contributed by atoms with Crippen LogP contribution in [0.3, 0.4) is 0 Å². The van der Waals surface area contributed by atoms with Gasteiger partial charge in [0.1, 0.15) is 0 Å². The molecule has 0 aliphatic carbocycles. The molecule has 1 aliphatic rings. The summed E-state index contributed by atoms with van der Waals surface area (Å²) >= 11 is 0. The maximum absolute atomic E-state index is 11.8. The van der Waals surface area contributed by atoms with Crippen molar-refractivity contribution < 1.29 is 4.79 Å². The molecule has 15 heavy (non-hydrogen) atoms. The molecule has 0 bridgehead atoms. The van der Waals surface area contributed by atoms with E-state index >= 15 is 0 Å². The van der Waals surface area contributed by atoms with Gasteiger partial charge in [0, 0.05) is 25.2 Å². The van der Waals surface area contributed by atoms with Gasteiger partial charge in [0.15, 0.2) is 0 Å². The molecule has 1 unspecified atom stereocenters. The number of nitrogens with one attached hydrogen (secondary N) is 1. The highest BCUT2D eigenvalue weighted by Crippen LogP contribution is 2.07. The summed E-state index contributed by atoms with van der Waals surface area (Å²) in [6.45, 7) is 8.68. The summed E-state index contributed by atoms with van der Waals surface area (Å²) in [5.74, 6) is 0.145. The first-order valence-corrected chi connectivity index (χ1v) is 5.80. The number of carbonyl (C=O) groups is 1. The van der Waals surface area contributed by atoms with E-state index in [1.54, 1.807) is 6.08 Å². The van der Waals surface area contributed by atoms with Crippen LogP contribution in [0.5, 0.6) is 0 Å². The Morgan fingerprint density at radius 3 is 2.73 bits per heavy atom. The van der Waals surface area contributed by atoms with Crippen molar-refractivity contribution in [1.29, 1.82) is 0 Å². The minimum Gasteiger partial charge on any atom is -0.338 e. The molecule has 3 heteroatoms. The van der Waals surface area contributed by atoms with E-state index in [0.29, 0.717) is 6.04 Å². The Labute approximate surface area is 92.5 Å². The Hall–Kier alpha value is -0.830. The molecule has 1 amide bonds. The van der Waals surface area contributed by atoms with Gasteiger partial charge in [0.25, 0.3) is 0 Å². The maximum Gasteiger partial charge on any atom is 0.246 e. The molecule has 1 heterocycles. The first kappa shape index (κ1) is 12.2. The molecule has 1 atom stereocenters. The number of nitrogens with zero attached hydrogens (tertiary/aromatic N) is 1. The largest absolute Gasteiger partial charge is 0.338 e. The number of amides is 1. The number of allylic oxidation sites excluding steroid dienone is 1. The Morgan fingerprint density at radius 1 is 1.53 bits per heavy atom. The van der Waals surface area contributed by atoms with E-state index in [-0.39, 0.29) is 5.91 Å². The zero-order valence-corrected chi connectivity index (χ0v) is 10.0. The Bertz CT molecular complexity index is 238. The first-order valence-electron chi connectivity index (χ1n) is 5.80. The summed E-state index contributed by atoms with van der Waals surface area (Å²) in [5.41, 5.74) is 1.07. The van der Waals surface area contributed by atoms with Gasteiger partial charge in [-0.1, -0.05) is 5.57 Å². The van der Waals surface area contributed by atoms with E-state index in [4.69, 9.17) is 0 Å². The summed E-state index contributed by atoms with van der Waals surface area (Å²) in [6.07, 6.45) is 4.15. The molecule has 1 aliphatic heterocycles. The van der Waals surface area contributed by atoms with Crippen LogP contribution in [0.1, 0.15) is 33.6 Å². The first-order chi connectivity index (χ1) is 7.13. The van der Waals surface area contributed by atoms with Crippen LogP contribution in [0.2, 0.25) is 0 Å². The molecule has 1 N–H and O–H groups in total. The van der Waals surface area contributed by atoms with Crippen LogP contribution < -0.4 is 5.32 Å². The van der Waals surface area contributed by atoms with Crippen LogP contribution in [0.15, 0.2) is 11.6 Å². The molecule has 0 saturated carbocycles. The number of rotatable bonds is 4. The Morgan fingerprint density at radius 2 is 2.27 bits per heavy atom. The zero-order chi connectivity index (χ0) is 11.3. The molecular formula is C12H22N2O. The van der Waals surface area contributed by atoms with Crippen molar-refractivity contribution in [2.45, 2.75) is 39.7 Å². The Kier molecular flexibility index (Phi) is 4.82. The monoisotopic (exact) mass is 210 g/mol. The Balaban J connectivity index is 2.47. The molecule has 0 aromatic heterocycles. The predicted molar refractivity (Wildman–Crippen MR) is 62.7 cm³/mol. The summed E-state index contributed by atoms with van der Waals surface area (Å²) in [7, 11) is 0. The van der Waals surface area contributed by atoms with Gasteiger partial charge in [-0.05, 0) is 40.2 Å². The number of hydrogen-bond acceptors (Lipinski definition) is 2. The standard InChI is InChI=1S/C12H22N2O/c1-4-14(12(15)8-10(2)3)9-11-6-5-7-13-11/h8,11,13H,4-7,9H2,1-3H3. The minimum atomic E-state index is 0.145. The van der Waals surface area contributed by atoms with Gasteiger partial charge in [0.2, 0.25) is 5.91 Å². The molecule has 0 spiro atoms. The molecule has 86 valence electrons. The molecular weight excluding hydrogens is 188 g/mol. The molecule has 1 saturated heterocycles. The van der Waals surface area contributed by atoms with Gasteiger partial charge < -0.3 is 10.2 Å². The molecule has 0 radical (unpaired) electrons. The van der Waals surface area contributed by atoms with Gasteiger partial charge in [0.05, 0.1) is 0 Å². The lowest BCUT2D eigenvalue weighted by Crippen LogP contribution is -2.40. The topological polar surface area (TPSA) is 32.3 Å². The van der Waals surface area contributed by atoms with Crippen LogP contribution in [-0.4, -0.2) is 36.5 Å². The third-order valence-electron chi connectivity index (χ3n) is 2.71. The lowest BCUT2D eigenvalue weighted by molar-refractivity contribution is -0.126. The molecule has 3 nitrogen and oxygen atoms in total. The average Bonchev–Trinajstić information content (AvgIpc) is 2.65. The van der Waals surface area contributed by atoms with E-state index in [9.17, 15) is 4.79 Å². The van der Waals surface area contributed by atoms with Crippen molar-refractivity contribution >= 4 is 5.91 Å². The second-order valence-electron chi connectivity index (χ2n) is 4.39. The lowest BCUT2D eigenvalue weighted by atomic mass is 10.2. The number of carbonyl (C=O) groups excluding carboxylic acids is 1. The van der Waals surface area contributed by atoms with Crippen LogP contribution in [0.4, 0.5) is 0 Å². The van der Waals surface area contributed by atoms with Crippen molar-refractivity contribution in [2.75, 3.05) is 19.6 Å². The fraction of sp³-hybridized carbons (Fsp3) is 0.750. The highest BCUT2D eigenvalue weighted by Gasteiger charge is 2.18. The van der Waals surface area contributed by atoms with E-state index in [1.807, 2.05) is 25.7 Å². The highest BCUT2D eigenvalue weighted by molar-refractivity contribution is 5.88. The van der Waals surface area contributed by atoms with Crippen molar-refractivity contribution in [3.63, 3.8) is 0 Å². The molecule has 1 rings (SSSR count). The molecule has 0 aromatic carbocycles. The fourth-order valence-electron chi connectivity index (χ4n) is 1.89. The summed E-state index contributed by atoms with van der Waals surface area (Å²) < 4.78 is 0. The summed E-state index contributed by atoms with van der Waals surface area (Å²) in [5, 5.41) is 3.41. The van der Waals surface area contributed by atoms with Crippen molar-refractivity contribution in [2.24, 2.45) is 0 Å². The quantitative estimate of drug-likeness (QED) is 0.714. The van der Waals surface area contributed by atoms with Gasteiger partial charge in [-0.3, -0.25) is 4.79 Å². The minimum absolute atomic E-state index is 0.145. The highest BCUT2D eigenvalue weighted by atomic mass is 16.2. The SMILES string of the molecule is CCN(CC1CCCN1)C(=O)C=C(C)C. The molecule has 1 fully saturated rings. The summed E-state index contributed by atoms with van der Waals surface area (Å²) in [6, 6.07) is 0.500. The van der Waals surface area contributed by atoms with Crippen LogP contribution in [0, 0.1) is 0 Å². The third-order valence-corrected chi connectivity index (χ3v) is 2.71. The van der Waals surface area contributed by atoms with Crippen LogP contribution in [-0.2, 0) is 4.79 Å². The summed E-state index contributed by atoms with van der Waals surface area (Å²) in [4.78, 5) is 13.7. The maximum atomic E-state index is 11.8. The van der Waals surface area contributed by atoms with Crippen molar-refractivity contribution in [1.82, 2.24) is 10.2 Å². The van der Waals surface area contributed by atoms with Crippen molar-refractivity contribution in [3.05, 3.63) is 11.6 Å². The van der Waals surface area contributed by atoms with E-state index in [1.165, 1.54) is 12.8 Å². The normalized spacial score (nSPS) is 20.1. The van der Waals surface area contributed by atoms with Gasteiger partial charge >= 0.3 is 0 Å².